The van der Waals surface area contributed by atoms with E-state index in [0.717, 1.165) is 24.0 Å². The highest BCUT2D eigenvalue weighted by atomic mass is 16.5. The Morgan fingerprint density at radius 2 is 1.73 bits per heavy atom. The van der Waals surface area contributed by atoms with Gasteiger partial charge in [-0.2, -0.15) is 0 Å². The second-order valence-corrected chi connectivity index (χ2v) is 6.17. The Morgan fingerprint density at radius 1 is 0.962 bits per heavy atom. The number of ether oxygens (including phenoxy) is 1. The summed E-state index contributed by atoms with van der Waals surface area (Å²) in [6, 6.07) is 17.4. The van der Waals surface area contributed by atoms with Gasteiger partial charge in [-0.1, -0.05) is 60.7 Å². The topological polar surface area (TPSA) is 67.4 Å². The van der Waals surface area contributed by atoms with Gasteiger partial charge in [0.15, 0.2) is 6.61 Å². The van der Waals surface area contributed by atoms with Gasteiger partial charge in [0.1, 0.15) is 5.75 Å². The van der Waals surface area contributed by atoms with Crippen molar-refractivity contribution in [1.82, 2.24) is 10.9 Å². The van der Waals surface area contributed by atoms with E-state index in [0.29, 0.717) is 12.2 Å². The number of hydrogen-bond acceptors (Lipinski definition) is 3. The number of allylic oxidation sites excluding steroid dienone is 2. The lowest BCUT2D eigenvalue weighted by atomic mass is 9.94. The third kappa shape index (κ3) is 4.72. The third-order valence-corrected chi connectivity index (χ3v) is 4.30. The van der Waals surface area contributed by atoms with E-state index in [-0.39, 0.29) is 18.4 Å². The van der Waals surface area contributed by atoms with Crippen LogP contribution in [0.4, 0.5) is 0 Å². The normalized spacial score (nSPS) is 15.9. The molecule has 0 aromatic heterocycles. The van der Waals surface area contributed by atoms with Gasteiger partial charge in [0.05, 0.1) is 0 Å². The SMILES string of the molecule is O=C(COc1ccccc1-c1ccccc1)NNC(=O)C1CC=CCC1. The fourth-order valence-corrected chi connectivity index (χ4v) is 2.89. The molecule has 0 fully saturated rings. The maximum atomic E-state index is 12.0. The van der Waals surface area contributed by atoms with Gasteiger partial charge < -0.3 is 4.74 Å². The predicted octanol–water partition coefficient (Wildman–Crippen LogP) is 3.24. The monoisotopic (exact) mass is 350 g/mol. The lowest BCUT2D eigenvalue weighted by molar-refractivity contribution is -0.132. The molecular weight excluding hydrogens is 328 g/mol. The third-order valence-electron chi connectivity index (χ3n) is 4.30. The molecular formula is C21H22N2O3. The van der Waals surface area contributed by atoms with Crippen molar-refractivity contribution in [2.75, 3.05) is 6.61 Å². The molecule has 0 aliphatic heterocycles. The van der Waals surface area contributed by atoms with Crippen molar-refractivity contribution in [3.8, 4) is 16.9 Å². The quantitative estimate of drug-likeness (QED) is 0.643. The molecule has 5 heteroatoms. The van der Waals surface area contributed by atoms with Crippen LogP contribution >= 0.6 is 0 Å². The Kier molecular flexibility index (Phi) is 6.04. The van der Waals surface area contributed by atoms with Crippen LogP contribution in [0.15, 0.2) is 66.7 Å². The van der Waals surface area contributed by atoms with Crippen molar-refractivity contribution < 1.29 is 14.3 Å². The fourth-order valence-electron chi connectivity index (χ4n) is 2.89. The van der Waals surface area contributed by atoms with Gasteiger partial charge >= 0.3 is 0 Å². The number of carbonyl (C=O) groups excluding carboxylic acids is 2. The summed E-state index contributed by atoms with van der Waals surface area (Å²) in [4.78, 5) is 24.0. The molecule has 1 aliphatic carbocycles. The minimum Gasteiger partial charge on any atom is -0.483 e. The van der Waals surface area contributed by atoms with Crippen molar-refractivity contribution >= 4 is 11.8 Å². The molecule has 2 aromatic rings. The molecule has 0 saturated carbocycles. The summed E-state index contributed by atoms with van der Waals surface area (Å²) in [6.45, 7) is -0.172. The molecule has 0 radical (unpaired) electrons. The zero-order chi connectivity index (χ0) is 18.2. The first-order valence-corrected chi connectivity index (χ1v) is 8.75. The number of hydrazine groups is 1. The van der Waals surface area contributed by atoms with E-state index in [4.69, 9.17) is 4.74 Å². The predicted molar refractivity (Wildman–Crippen MR) is 100 cm³/mol. The number of amides is 2. The molecule has 134 valence electrons. The number of para-hydroxylation sites is 1. The largest absolute Gasteiger partial charge is 0.483 e. The van der Waals surface area contributed by atoms with E-state index in [1.54, 1.807) is 0 Å². The van der Waals surface area contributed by atoms with E-state index in [1.807, 2.05) is 60.7 Å². The summed E-state index contributed by atoms with van der Waals surface area (Å²) in [5.74, 6) is -0.0161. The summed E-state index contributed by atoms with van der Waals surface area (Å²) in [6.07, 6.45) is 6.48. The summed E-state index contributed by atoms with van der Waals surface area (Å²) >= 11 is 0. The van der Waals surface area contributed by atoms with E-state index in [2.05, 4.69) is 16.9 Å². The van der Waals surface area contributed by atoms with Crippen molar-refractivity contribution in [2.24, 2.45) is 5.92 Å². The van der Waals surface area contributed by atoms with Gasteiger partial charge in [-0.15, -0.1) is 0 Å². The standard InChI is InChI=1S/C21H22N2O3/c24-20(22-23-21(25)17-11-5-2-6-12-17)15-26-19-14-8-7-13-18(19)16-9-3-1-4-10-16/h1-5,7-10,13-14,17H,6,11-12,15H2,(H,22,24)(H,23,25). The van der Waals surface area contributed by atoms with Crippen LogP contribution in [0.5, 0.6) is 5.75 Å². The number of carbonyl (C=O) groups is 2. The molecule has 2 aromatic carbocycles. The second-order valence-electron chi connectivity index (χ2n) is 6.17. The summed E-state index contributed by atoms with van der Waals surface area (Å²) < 4.78 is 5.66. The average molecular weight is 350 g/mol. The van der Waals surface area contributed by atoms with Gasteiger partial charge in [-0.25, -0.2) is 0 Å². The van der Waals surface area contributed by atoms with Crippen LogP contribution in [-0.2, 0) is 9.59 Å². The van der Waals surface area contributed by atoms with Crippen LogP contribution in [0, 0.1) is 5.92 Å². The first-order chi connectivity index (χ1) is 12.7. The fraction of sp³-hybridized carbons (Fsp3) is 0.238. The minimum atomic E-state index is -0.396. The molecule has 26 heavy (non-hydrogen) atoms. The van der Waals surface area contributed by atoms with E-state index in [1.165, 1.54) is 0 Å². The lowest BCUT2D eigenvalue weighted by Crippen LogP contribution is -2.46. The van der Waals surface area contributed by atoms with Crippen LogP contribution in [0.1, 0.15) is 19.3 Å². The van der Waals surface area contributed by atoms with Crippen molar-refractivity contribution in [3.05, 3.63) is 66.7 Å². The van der Waals surface area contributed by atoms with Crippen LogP contribution < -0.4 is 15.6 Å². The van der Waals surface area contributed by atoms with Gasteiger partial charge in [-0.05, 0) is 30.9 Å². The van der Waals surface area contributed by atoms with Gasteiger partial charge in [0.2, 0.25) is 5.91 Å². The minimum absolute atomic E-state index is 0.0833. The number of hydrogen-bond donors (Lipinski definition) is 2. The Bertz CT molecular complexity index is 787. The van der Waals surface area contributed by atoms with Crippen molar-refractivity contribution in [2.45, 2.75) is 19.3 Å². The van der Waals surface area contributed by atoms with Crippen LogP contribution in [-0.4, -0.2) is 18.4 Å². The summed E-state index contributed by atoms with van der Waals surface area (Å²) in [5.41, 5.74) is 6.84. The zero-order valence-electron chi connectivity index (χ0n) is 14.5. The first kappa shape index (κ1) is 17.7. The smallest absolute Gasteiger partial charge is 0.276 e. The van der Waals surface area contributed by atoms with Gasteiger partial charge in [0.25, 0.3) is 5.91 Å². The van der Waals surface area contributed by atoms with Crippen LogP contribution in [0.25, 0.3) is 11.1 Å². The Morgan fingerprint density at radius 3 is 2.50 bits per heavy atom. The molecule has 0 bridgehead atoms. The zero-order valence-corrected chi connectivity index (χ0v) is 14.5. The molecule has 2 N–H and O–H groups in total. The highest BCUT2D eigenvalue weighted by molar-refractivity contribution is 5.84. The molecule has 0 spiro atoms. The van der Waals surface area contributed by atoms with Gasteiger partial charge in [-0.3, -0.25) is 20.4 Å². The molecule has 1 atom stereocenters. The van der Waals surface area contributed by atoms with Crippen LogP contribution in [0.2, 0.25) is 0 Å². The van der Waals surface area contributed by atoms with E-state index in [9.17, 15) is 9.59 Å². The second kappa shape index (κ2) is 8.85. The number of nitrogens with one attached hydrogen (secondary N) is 2. The maximum Gasteiger partial charge on any atom is 0.276 e. The highest BCUT2D eigenvalue weighted by Gasteiger charge is 2.19. The molecule has 0 saturated heterocycles. The number of rotatable bonds is 5. The van der Waals surface area contributed by atoms with Crippen molar-refractivity contribution in [3.63, 3.8) is 0 Å². The Hall–Kier alpha value is -3.08. The Balaban J connectivity index is 1.52. The molecule has 2 amide bonds. The lowest BCUT2D eigenvalue weighted by Gasteiger charge is -2.17. The van der Waals surface area contributed by atoms with Crippen LogP contribution in [0.3, 0.4) is 0 Å². The van der Waals surface area contributed by atoms with Crippen molar-refractivity contribution in [1.29, 1.82) is 0 Å². The van der Waals surface area contributed by atoms with E-state index >= 15 is 0 Å². The average Bonchev–Trinajstić information content (AvgIpc) is 2.72. The highest BCUT2D eigenvalue weighted by Crippen LogP contribution is 2.29. The van der Waals surface area contributed by atoms with Gasteiger partial charge in [0, 0.05) is 11.5 Å². The first-order valence-electron chi connectivity index (χ1n) is 8.75. The summed E-state index contributed by atoms with van der Waals surface area (Å²) in [5, 5.41) is 0. The molecule has 1 aliphatic rings. The Labute approximate surface area is 153 Å². The maximum absolute atomic E-state index is 12.0. The van der Waals surface area contributed by atoms with E-state index < -0.39 is 5.91 Å². The molecule has 0 heterocycles. The molecule has 3 rings (SSSR count). The molecule has 1 unspecified atom stereocenters. The molecule has 5 nitrogen and oxygen atoms in total. The summed E-state index contributed by atoms with van der Waals surface area (Å²) in [7, 11) is 0. The number of benzene rings is 2.